The van der Waals surface area contributed by atoms with E-state index >= 15 is 0 Å². The number of amides is 1. The van der Waals surface area contributed by atoms with Crippen LogP contribution in [0.5, 0.6) is 0 Å². The van der Waals surface area contributed by atoms with Gasteiger partial charge in [0, 0.05) is 43.9 Å². The minimum absolute atomic E-state index is 0.0833. The lowest BCUT2D eigenvalue weighted by atomic mass is 10.1. The SMILES string of the molecule is O=C(c1cccc(C(F)(F)F)c1)N1CCN(c2cc(F)ccc2[N+](=O)[O-])CC1. The van der Waals surface area contributed by atoms with Crippen LogP contribution < -0.4 is 4.90 Å². The van der Waals surface area contributed by atoms with Crippen LogP contribution in [0.25, 0.3) is 0 Å². The van der Waals surface area contributed by atoms with Crippen molar-refractivity contribution in [1.29, 1.82) is 0 Å². The molecule has 10 heteroatoms. The summed E-state index contributed by atoms with van der Waals surface area (Å²) < 4.78 is 52.0. The number of piperazine rings is 1. The third kappa shape index (κ3) is 4.05. The monoisotopic (exact) mass is 397 g/mol. The summed E-state index contributed by atoms with van der Waals surface area (Å²) in [5, 5.41) is 11.1. The van der Waals surface area contributed by atoms with Crippen molar-refractivity contribution in [1.82, 2.24) is 4.90 Å². The molecule has 0 N–H and O–H groups in total. The molecular weight excluding hydrogens is 382 g/mol. The van der Waals surface area contributed by atoms with Gasteiger partial charge in [-0.05, 0) is 24.3 Å². The number of alkyl halides is 3. The van der Waals surface area contributed by atoms with Gasteiger partial charge in [-0.3, -0.25) is 14.9 Å². The smallest absolute Gasteiger partial charge is 0.362 e. The molecule has 2 aromatic rings. The van der Waals surface area contributed by atoms with Crippen molar-refractivity contribution in [3.05, 3.63) is 69.5 Å². The van der Waals surface area contributed by atoms with Crippen LogP contribution in [0, 0.1) is 15.9 Å². The molecule has 0 atom stereocenters. The maximum atomic E-state index is 13.5. The van der Waals surface area contributed by atoms with Crippen molar-refractivity contribution in [3.8, 4) is 0 Å². The molecular formula is C18H15F4N3O3. The quantitative estimate of drug-likeness (QED) is 0.450. The molecule has 1 aliphatic rings. The van der Waals surface area contributed by atoms with Gasteiger partial charge >= 0.3 is 6.18 Å². The first-order valence-corrected chi connectivity index (χ1v) is 8.32. The first kappa shape index (κ1) is 19.6. The first-order chi connectivity index (χ1) is 13.2. The highest BCUT2D eigenvalue weighted by molar-refractivity contribution is 5.94. The maximum absolute atomic E-state index is 13.5. The van der Waals surface area contributed by atoms with E-state index in [1.165, 1.54) is 17.0 Å². The lowest BCUT2D eigenvalue weighted by Crippen LogP contribution is -2.49. The van der Waals surface area contributed by atoms with Crippen LogP contribution >= 0.6 is 0 Å². The lowest BCUT2D eigenvalue weighted by molar-refractivity contribution is -0.384. The average molecular weight is 397 g/mol. The Hall–Kier alpha value is -3.17. The van der Waals surface area contributed by atoms with E-state index < -0.39 is 28.4 Å². The second-order valence-electron chi connectivity index (χ2n) is 6.25. The van der Waals surface area contributed by atoms with E-state index in [0.29, 0.717) is 0 Å². The Morgan fingerprint density at radius 2 is 1.71 bits per heavy atom. The van der Waals surface area contributed by atoms with Crippen LogP contribution in [0.1, 0.15) is 15.9 Å². The Bertz CT molecular complexity index is 909. The Morgan fingerprint density at radius 3 is 2.32 bits per heavy atom. The van der Waals surface area contributed by atoms with Gasteiger partial charge in [-0.1, -0.05) is 6.07 Å². The molecule has 0 unspecified atom stereocenters. The summed E-state index contributed by atoms with van der Waals surface area (Å²) in [5.41, 5.74) is -1.14. The van der Waals surface area contributed by atoms with Gasteiger partial charge in [-0.2, -0.15) is 13.2 Å². The molecule has 28 heavy (non-hydrogen) atoms. The number of nitro benzene ring substituents is 1. The van der Waals surface area contributed by atoms with E-state index in [2.05, 4.69) is 0 Å². The summed E-state index contributed by atoms with van der Waals surface area (Å²) in [6.45, 7) is 0.662. The van der Waals surface area contributed by atoms with Crippen LogP contribution in [0.4, 0.5) is 28.9 Å². The van der Waals surface area contributed by atoms with Crippen molar-refractivity contribution >= 4 is 17.3 Å². The average Bonchev–Trinajstić information content (AvgIpc) is 2.66. The second kappa shape index (κ2) is 7.45. The molecule has 0 aromatic heterocycles. The zero-order valence-electron chi connectivity index (χ0n) is 14.4. The summed E-state index contributed by atoms with van der Waals surface area (Å²) in [4.78, 5) is 26.0. The fourth-order valence-corrected chi connectivity index (χ4v) is 3.07. The fourth-order valence-electron chi connectivity index (χ4n) is 3.07. The van der Waals surface area contributed by atoms with Gasteiger partial charge in [0.25, 0.3) is 11.6 Å². The van der Waals surface area contributed by atoms with Crippen molar-refractivity contribution in [2.45, 2.75) is 6.18 Å². The molecule has 1 heterocycles. The normalized spacial score (nSPS) is 14.9. The lowest BCUT2D eigenvalue weighted by Gasteiger charge is -2.35. The summed E-state index contributed by atoms with van der Waals surface area (Å²) in [6, 6.07) is 7.29. The number of carbonyl (C=O) groups is 1. The fraction of sp³-hybridized carbons (Fsp3) is 0.278. The first-order valence-electron chi connectivity index (χ1n) is 8.32. The predicted molar refractivity (Wildman–Crippen MR) is 92.6 cm³/mol. The molecule has 6 nitrogen and oxygen atoms in total. The van der Waals surface area contributed by atoms with Gasteiger partial charge in [0.2, 0.25) is 0 Å². The summed E-state index contributed by atoms with van der Waals surface area (Å²) in [5.74, 6) is -1.18. The number of benzene rings is 2. The molecule has 1 saturated heterocycles. The van der Waals surface area contributed by atoms with Gasteiger partial charge in [-0.15, -0.1) is 0 Å². The van der Waals surface area contributed by atoms with Gasteiger partial charge in [0.15, 0.2) is 0 Å². The van der Waals surface area contributed by atoms with Crippen LogP contribution in [-0.4, -0.2) is 41.9 Å². The minimum atomic E-state index is -4.55. The van der Waals surface area contributed by atoms with Crippen molar-refractivity contribution in [3.63, 3.8) is 0 Å². The number of carbonyl (C=O) groups excluding carboxylic acids is 1. The number of halogens is 4. The van der Waals surface area contributed by atoms with Crippen molar-refractivity contribution in [2.24, 2.45) is 0 Å². The van der Waals surface area contributed by atoms with Gasteiger partial charge < -0.3 is 9.80 Å². The Labute approximate surface area is 157 Å². The van der Waals surface area contributed by atoms with E-state index in [9.17, 15) is 32.5 Å². The zero-order chi connectivity index (χ0) is 20.5. The van der Waals surface area contributed by atoms with Gasteiger partial charge in [-0.25, -0.2) is 4.39 Å². The largest absolute Gasteiger partial charge is 0.416 e. The molecule has 1 amide bonds. The molecule has 0 radical (unpaired) electrons. The van der Waals surface area contributed by atoms with Crippen molar-refractivity contribution in [2.75, 3.05) is 31.1 Å². The molecule has 0 spiro atoms. The van der Waals surface area contributed by atoms with Crippen LogP contribution in [0.15, 0.2) is 42.5 Å². The summed E-state index contributed by atoms with van der Waals surface area (Å²) in [6.07, 6.45) is -4.55. The van der Waals surface area contributed by atoms with Crippen molar-refractivity contribution < 1.29 is 27.3 Å². The highest BCUT2D eigenvalue weighted by Gasteiger charge is 2.32. The van der Waals surface area contributed by atoms with E-state index in [1.807, 2.05) is 0 Å². The molecule has 1 aliphatic heterocycles. The standard InChI is InChI=1S/C18H15F4N3O3/c19-14-4-5-15(25(27)28)16(11-14)23-6-8-24(9-7-23)17(26)12-2-1-3-13(10-12)18(20,21)22/h1-5,10-11H,6-9H2. The number of rotatable bonds is 3. The number of nitro groups is 1. The number of nitrogens with zero attached hydrogens (tertiary/aromatic N) is 3. The second-order valence-corrected chi connectivity index (χ2v) is 6.25. The van der Waals surface area contributed by atoms with E-state index in [1.54, 1.807) is 4.90 Å². The molecule has 0 aliphatic carbocycles. The van der Waals surface area contributed by atoms with E-state index in [-0.39, 0.29) is 43.1 Å². The zero-order valence-corrected chi connectivity index (χ0v) is 14.4. The molecule has 148 valence electrons. The third-order valence-electron chi connectivity index (χ3n) is 4.48. The Kier molecular flexibility index (Phi) is 5.21. The predicted octanol–water partition coefficient (Wildman–Crippen LogP) is 3.72. The Balaban J connectivity index is 1.74. The molecule has 0 saturated carbocycles. The van der Waals surface area contributed by atoms with Gasteiger partial charge in [0.1, 0.15) is 11.5 Å². The maximum Gasteiger partial charge on any atom is 0.416 e. The number of hydrogen-bond donors (Lipinski definition) is 0. The highest BCUT2D eigenvalue weighted by atomic mass is 19.4. The number of hydrogen-bond acceptors (Lipinski definition) is 4. The van der Waals surface area contributed by atoms with Crippen LogP contribution in [0.3, 0.4) is 0 Å². The summed E-state index contributed by atoms with van der Waals surface area (Å²) in [7, 11) is 0. The van der Waals surface area contributed by atoms with Crippen LogP contribution in [-0.2, 0) is 6.18 Å². The summed E-state index contributed by atoms with van der Waals surface area (Å²) >= 11 is 0. The number of anilines is 1. The van der Waals surface area contributed by atoms with E-state index in [4.69, 9.17) is 0 Å². The molecule has 1 fully saturated rings. The van der Waals surface area contributed by atoms with E-state index in [0.717, 1.165) is 30.3 Å². The minimum Gasteiger partial charge on any atom is -0.362 e. The molecule has 2 aromatic carbocycles. The topological polar surface area (TPSA) is 66.7 Å². The van der Waals surface area contributed by atoms with Gasteiger partial charge in [0.05, 0.1) is 10.5 Å². The Morgan fingerprint density at radius 1 is 1.04 bits per heavy atom. The molecule has 0 bridgehead atoms. The van der Waals surface area contributed by atoms with Crippen LogP contribution in [0.2, 0.25) is 0 Å². The third-order valence-corrected chi connectivity index (χ3v) is 4.48. The highest BCUT2D eigenvalue weighted by Crippen LogP contribution is 2.31. The molecule has 3 rings (SSSR count).